The van der Waals surface area contributed by atoms with Crippen molar-refractivity contribution in [3.8, 4) is 5.75 Å². The smallest absolute Gasteiger partial charge is 0.200 e. The van der Waals surface area contributed by atoms with Crippen LogP contribution in [-0.2, 0) is 6.54 Å². The van der Waals surface area contributed by atoms with Crippen molar-refractivity contribution in [2.75, 3.05) is 0 Å². The second kappa shape index (κ2) is 4.88. The van der Waals surface area contributed by atoms with E-state index < -0.39 is 6.23 Å². The third kappa shape index (κ3) is 2.07. The fraction of sp³-hybridized carbons (Fsp3) is 0.111. The standard InChI is InChI=1S/C18H15NO2/c20-19-12-16-15-9-5-4-6-13(15)10-11-17(16)21-18(19)14-7-2-1-3-8-14/h1-11,18,20H,12H2. The summed E-state index contributed by atoms with van der Waals surface area (Å²) in [6.45, 7) is 0.455. The Kier molecular flexibility index (Phi) is 2.88. The highest BCUT2D eigenvalue weighted by atomic mass is 16.6. The minimum Gasteiger partial charge on any atom is -0.468 e. The van der Waals surface area contributed by atoms with Gasteiger partial charge in [-0.2, -0.15) is 0 Å². The highest BCUT2D eigenvalue weighted by Crippen LogP contribution is 2.37. The van der Waals surface area contributed by atoms with Crippen molar-refractivity contribution in [2.45, 2.75) is 12.8 Å². The van der Waals surface area contributed by atoms with Crippen molar-refractivity contribution >= 4 is 10.8 Å². The maximum Gasteiger partial charge on any atom is 0.200 e. The number of hydrogen-bond acceptors (Lipinski definition) is 3. The van der Waals surface area contributed by atoms with Crippen LogP contribution in [0.15, 0.2) is 66.7 Å². The Hall–Kier alpha value is -2.36. The van der Waals surface area contributed by atoms with Crippen LogP contribution >= 0.6 is 0 Å². The second-order valence-corrected chi connectivity index (χ2v) is 5.24. The normalized spacial score (nSPS) is 18.2. The van der Waals surface area contributed by atoms with Gasteiger partial charge in [-0.3, -0.25) is 0 Å². The number of benzene rings is 3. The summed E-state index contributed by atoms with van der Waals surface area (Å²) in [5, 5.41) is 13.9. The first kappa shape index (κ1) is 12.4. The second-order valence-electron chi connectivity index (χ2n) is 5.24. The van der Waals surface area contributed by atoms with Crippen LogP contribution in [0.1, 0.15) is 17.4 Å². The van der Waals surface area contributed by atoms with E-state index in [4.69, 9.17) is 4.74 Å². The minimum absolute atomic E-state index is 0.455. The number of hydroxylamine groups is 2. The summed E-state index contributed by atoms with van der Waals surface area (Å²) in [6, 6.07) is 22.0. The maximum atomic E-state index is 10.3. The topological polar surface area (TPSA) is 32.7 Å². The average molecular weight is 277 g/mol. The van der Waals surface area contributed by atoms with E-state index >= 15 is 0 Å². The fourth-order valence-corrected chi connectivity index (χ4v) is 2.87. The van der Waals surface area contributed by atoms with Gasteiger partial charge in [-0.25, -0.2) is 0 Å². The van der Waals surface area contributed by atoms with Crippen LogP contribution in [-0.4, -0.2) is 10.3 Å². The molecule has 3 heteroatoms. The summed E-state index contributed by atoms with van der Waals surface area (Å²) in [4.78, 5) is 0. The minimum atomic E-state index is -0.458. The molecule has 0 aromatic heterocycles. The summed E-state index contributed by atoms with van der Waals surface area (Å²) >= 11 is 0. The first-order valence-electron chi connectivity index (χ1n) is 7.01. The molecule has 104 valence electrons. The summed E-state index contributed by atoms with van der Waals surface area (Å²) < 4.78 is 6.01. The van der Waals surface area contributed by atoms with Gasteiger partial charge in [0, 0.05) is 11.1 Å². The van der Waals surface area contributed by atoms with Crippen LogP contribution < -0.4 is 4.74 Å². The predicted octanol–water partition coefficient (Wildman–Crippen LogP) is 4.12. The molecule has 3 nitrogen and oxygen atoms in total. The lowest BCUT2D eigenvalue weighted by molar-refractivity contribution is -0.206. The molecule has 4 rings (SSSR count). The van der Waals surface area contributed by atoms with Crippen LogP contribution in [0.4, 0.5) is 0 Å². The molecule has 0 saturated carbocycles. The zero-order valence-electron chi connectivity index (χ0n) is 11.4. The van der Waals surface area contributed by atoms with Crippen molar-refractivity contribution in [2.24, 2.45) is 0 Å². The van der Waals surface area contributed by atoms with E-state index in [-0.39, 0.29) is 0 Å². The van der Waals surface area contributed by atoms with Gasteiger partial charge in [-0.15, -0.1) is 5.06 Å². The zero-order valence-corrected chi connectivity index (χ0v) is 11.4. The highest BCUT2D eigenvalue weighted by molar-refractivity contribution is 5.87. The Bertz CT molecular complexity index is 786. The molecule has 0 saturated heterocycles. The van der Waals surface area contributed by atoms with E-state index in [0.717, 1.165) is 27.6 Å². The van der Waals surface area contributed by atoms with Crippen molar-refractivity contribution < 1.29 is 9.94 Å². The van der Waals surface area contributed by atoms with Crippen LogP contribution in [0.5, 0.6) is 5.75 Å². The lowest BCUT2D eigenvalue weighted by atomic mass is 10.0. The van der Waals surface area contributed by atoms with Gasteiger partial charge in [-0.1, -0.05) is 60.7 Å². The van der Waals surface area contributed by atoms with Gasteiger partial charge in [0.15, 0.2) is 6.23 Å². The number of ether oxygens (including phenoxy) is 1. The van der Waals surface area contributed by atoms with Crippen molar-refractivity contribution in [3.05, 3.63) is 77.9 Å². The van der Waals surface area contributed by atoms with Gasteiger partial charge < -0.3 is 9.94 Å². The van der Waals surface area contributed by atoms with Gasteiger partial charge in [0.2, 0.25) is 0 Å². The molecule has 1 aliphatic rings. The zero-order chi connectivity index (χ0) is 14.2. The number of hydrogen-bond donors (Lipinski definition) is 1. The summed E-state index contributed by atoms with van der Waals surface area (Å²) in [5.41, 5.74) is 1.97. The van der Waals surface area contributed by atoms with Crippen LogP contribution in [0.3, 0.4) is 0 Å². The van der Waals surface area contributed by atoms with E-state index in [1.54, 1.807) is 0 Å². The Labute approximate surface area is 123 Å². The maximum absolute atomic E-state index is 10.3. The quantitative estimate of drug-likeness (QED) is 0.726. The molecule has 0 bridgehead atoms. The SMILES string of the molecule is ON1Cc2c(ccc3ccccc23)OC1c1ccccc1. The molecule has 3 aromatic rings. The van der Waals surface area contributed by atoms with Crippen LogP contribution in [0, 0.1) is 0 Å². The molecule has 0 amide bonds. The number of rotatable bonds is 1. The van der Waals surface area contributed by atoms with Gasteiger partial charge in [0.25, 0.3) is 0 Å². The van der Waals surface area contributed by atoms with E-state index in [1.165, 1.54) is 5.06 Å². The van der Waals surface area contributed by atoms with E-state index in [2.05, 4.69) is 18.2 Å². The van der Waals surface area contributed by atoms with Crippen molar-refractivity contribution in [3.63, 3.8) is 0 Å². The first-order chi connectivity index (χ1) is 10.3. The van der Waals surface area contributed by atoms with Gasteiger partial charge in [-0.05, 0) is 16.8 Å². The Morgan fingerprint density at radius 2 is 1.67 bits per heavy atom. The lowest BCUT2D eigenvalue weighted by Gasteiger charge is -2.33. The van der Waals surface area contributed by atoms with Crippen LogP contribution in [0.2, 0.25) is 0 Å². The largest absolute Gasteiger partial charge is 0.468 e. The summed E-state index contributed by atoms with van der Waals surface area (Å²) in [5.74, 6) is 0.841. The molecular weight excluding hydrogens is 262 g/mol. The molecule has 0 spiro atoms. The number of nitrogens with zero attached hydrogens (tertiary/aromatic N) is 1. The molecule has 1 N–H and O–H groups in total. The molecule has 0 radical (unpaired) electrons. The van der Waals surface area contributed by atoms with Crippen molar-refractivity contribution in [1.29, 1.82) is 0 Å². The number of fused-ring (bicyclic) bond motifs is 3. The summed E-state index contributed by atoms with van der Waals surface area (Å²) in [6.07, 6.45) is -0.458. The first-order valence-corrected chi connectivity index (χ1v) is 7.01. The third-order valence-electron chi connectivity index (χ3n) is 3.91. The van der Waals surface area contributed by atoms with Gasteiger partial charge in [0.05, 0.1) is 6.54 Å². The van der Waals surface area contributed by atoms with E-state index in [1.807, 2.05) is 48.5 Å². The van der Waals surface area contributed by atoms with Gasteiger partial charge in [0.1, 0.15) is 5.75 Å². The summed E-state index contributed by atoms with van der Waals surface area (Å²) in [7, 11) is 0. The van der Waals surface area contributed by atoms with Crippen LogP contribution in [0.25, 0.3) is 10.8 Å². The van der Waals surface area contributed by atoms with E-state index in [0.29, 0.717) is 6.54 Å². The monoisotopic (exact) mass is 277 g/mol. The Balaban J connectivity index is 1.80. The molecule has 1 atom stereocenters. The highest BCUT2D eigenvalue weighted by Gasteiger charge is 2.28. The molecule has 1 heterocycles. The molecule has 0 aliphatic carbocycles. The molecule has 3 aromatic carbocycles. The molecule has 21 heavy (non-hydrogen) atoms. The molecule has 1 aliphatic heterocycles. The average Bonchev–Trinajstić information content (AvgIpc) is 2.55. The van der Waals surface area contributed by atoms with Gasteiger partial charge >= 0.3 is 0 Å². The third-order valence-corrected chi connectivity index (χ3v) is 3.91. The van der Waals surface area contributed by atoms with Crippen molar-refractivity contribution in [1.82, 2.24) is 5.06 Å². The Morgan fingerprint density at radius 3 is 2.52 bits per heavy atom. The molecule has 1 unspecified atom stereocenters. The molecule has 0 fully saturated rings. The molecular formula is C18H15NO2. The fourth-order valence-electron chi connectivity index (χ4n) is 2.87. The Morgan fingerprint density at radius 1 is 0.905 bits per heavy atom. The lowest BCUT2D eigenvalue weighted by Crippen LogP contribution is -2.33. The predicted molar refractivity (Wildman–Crippen MR) is 81.1 cm³/mol. The van der Waals surface area contributed by atoms with E-state index in [9.17, 15) is 5.21 Å².